The first kappa shape index (κ1) is 17.1. The zero-order valence-electron chi connectivity index (χ0n) is 12.4. The van der Waals surface area contributed by atoms with Crippen LogP contribution < -0.4 is 16.8 Å². The fourth-order valence-corrected chi connectivity index (χ4v) is 2.20. The molecule has 1 aromatic carbocycles. The smallest absolute Gasteiger partial charge is 0.251 e. The Kier molecular flexibility index (Phi) is 6.30. The first-order valence-electron chi connectivity index (χ1n) is 6.92. The molecule has 0 saturated heterocycles. The third kappa shape index (κ3) is 5.51. The van der Waals surface area contributed by atoms with Crippen LogP contribution in [-0.4, -0.2) is 18.4 Å². The molecule has 1 unspecified atom stereocenters. The topological polar surface area (TPSA) is 98.2 Å². The molecule has 6 heteroatoms. The molecule has 0 saturated carbocycles. The van der Waals surface area contributed by atoms with E-state index in [1.54, 1.807) is 0 Å². The number of amides is 2. The summed E-state index contributed by atoms with van der Waals surface area (Å²) in [6.07, 6.45) is 1.15. The Hall–Kier alpha value is -1.95. The molecule has 0 aromatic heterocycles. The first-order chi connectivity index (χ1) is 9.83. The number of anilines is 1. The van der Waals surface area contributed by atoms with Gasteiger partial charge < -0.3 is 16.8 Å². The molecule has 0 aliphatic carbocycles. The Labute approximate surface area is 123 Å². The van der Waals surface area contributed by atoms with Gasteiger partial charge in [0, 0.05) is 12.1 Å². The second-order valence-electron chi connectivity index (χ2n) is 5.54. The quantitative estimate of drug-likeness (QED) is 0.716. The highest BCUT2D eigenvalue weighted by atomic mass is 19.1. The number of nitrogens with two attached hydrogens (primary N) is 2. The first-order valence-corrected chi connectivity index (χ1v) is 6.92. The molecule has 0 heterocycles. The molecular formula is C15H22FN3O2. The van der Waals surface area contributed by atoms with Crippen LogP contribution in [0.4, 0.5) is 10.1 Å². The molecule has 2 amide bonds. The SMILES string of the molecule is CC(C)CC(CN)CC(=O)Nc1ccc(F)c(C(N)=O)c1. The van der Waals surface area contributed by atoms with Crippen molar-refractivity contribution in [3.05, 3.63) is 29.6 Å². The Morgan fingerprint density at radius 2 is 2.00 bits per heavy atom. The molecular weight excluding hydrogens is 273 g/mol. The highest BCUT2D eigenvalue weighted by Crippen LogP contribution is 2.17. The van der Waals surface area contributed by atoms with E-state index in [1.807, 2.05) is 0 Å². The summed E-state index contributed by atoms with van der Waals surface area (Å²) in [4.78, 5) is 23.0. The number of rotatable bonds is 7. The van der Waals surface area contributed by atoms with Gasteiger partial charge >= 0.3 is 0 Å². The number of carbonyl (C=O) groups is 2. The van der Waals surface area contributed by atoms with Gasteiger partial charge in [-0.05, 0) is 43.0 Å². The van der Waals surface area contributed by atoms with Crippen LogP contribution in [0.3, 0.4) is 0 Å². The van der Waals surface area contributed by atoms with Crippen LogP contribution in [0.15, 0.2) is 18.2 Å². The van der Waals surface area contributed by atoms with Gasteiger partial charge in [0.05, 0.1) is 5.56 Å². The molecule has 0 aliphatic heterocycles. The molecule has 1 atom stereocenters. The second kappa shape index (κ2) is 7.73. The summed E-state index contributed by atoms with van der Waals surface area (Å²) in [5.74, 6) is -1.24. The van der Waals surface area contributed by atoms with E-state index >= 15 is 0 Å². The van der Waals surface area contributed by atoms with E-state index < -0.39 is 11.7 Å². The van der Waals surface area contributed by atoms with Gasteiger partial charge in [-0.25, -0.2) is 4.39 Å². The van der Waals surface area contributed by atoms with Crippen molar-refractivity contribution in [2.24, 2.45) is 23.3 Å². The van der Waals surface area contributed by atoms with Gasteiger partial charge in [-0.3, -0.25) is 9.59 Å². The lowest BCUT2D eigenvalue weighted by Crippen LogP contribution is -2.23. The maximum Gasteiger partial charge on any atom is 0.251 e. The van der Waals surface area contributed by atoms with E-state index in [4.69, 9.17) is 11.5 Å². The van der Waals surface area contributed by atoms with Crippen LogP contribution in [0, 0.1) is 17.7 Å². The second-order valence-corrected chi connectivity index (χ2v) is 5.54. The third-order valence-electron chi connectivity index (χ3n) is 3.13. The minimum Gasteiger partial charge on any atom is -0.366 e. The summed E-state index contributed by atoms with van der Waals surface area (Å²) < 4.78 is 13.3. The van der Waals surface area contributed by atoms with Crippen LogP contribution in [0.25, 0.3) is 0 Å². The molecule has 0 radical (unpaired) electrons. The number of hydrogen-bond acceptors (Lipinski definition) is 3. The van der Waals surface area contributed by atoms with Crippen LogP contribution in [0.5, 0.6) is 0 Å². The number of nitrogens with one attached hydrogen (secondary N) is 1. The average Bonchev–Trinajstić information content (AvgIpc) is 2.39. The summed E-state index contributed by atoms with van der Waals surface area (Å²) in [7, 11) is 0. The van der Waals surface area contributed by atoms with Gasteiger partial charge in [0.15, 0.2) is 0 Å². The van der Waals surface area contributed by atoms with Crippen molar-refractivity contribution in [2.45, 2.75) is 26.7 Å². The highest BCUT2D eigenvalue weighted by molar-refractivity contribution is 5.96. The van der Waals surface area contributed by atoms with Gasteiger partial charge in [-0.2, -0.15) is 0 Å². The van der Waals surface area contributed by atoms with Gasteiger partial charge in [-0.15, -0.1) is 0 Å². The minimum atomic E-state index is -0.872. The summed E-state index contributed by atoms with van der Waals surface area (Å²) in [6, 6.07) is 3.72. The molecule has 116 valence electrons. The van der Waals surface area contributed by atoms with E-state index in [-0.39, 0.29) is 23.8 Å². The zero-order chi connectivity index (χ0) is 16.0. The average molecular weight is 295 g/mol. The number of carbonyl (C=O) groups excluding carboxylic acids is 2. The predicted molar refractivity (Wildman–Crippen MR) is 80.2 cm³/mol. The van der Waals surface area contributed by atoms with E-state index in [0.29, 0.717) is 18.2 Å². The van der Waals surface area contributed by atoms with Crippen molar-refractivity contribution in [3.8, 4) is 0 Å². The van der Waals surface area contributed by atoms with Crippen LogP contribution in [-0.2, 0) is 4.79 Å². The maximum atomic E-state index is 13.3. The van der Waals surface area contributed by atoms with Crippen LogP contribution in [0.1, 0.15) is 37.0 Å². The normalized spacial score (nSPS) is 12.2. The lowest BCUT2D eigenvalue weighted by molar-refractivity contribution is -0.117. The summed E-state index contributed by atoms with van der Waals surface area (Å²) in [5, 5.41) is 2.63. The monoisotopic (exact) mass is 295 g/mol. The van der Waals surface area contributed by atoms with E-state index in [0.717, 1.165) is 12.5 Å². The molecule has 1 rings (SSSR count). The standard InChI is InChI=1S/C15H22FN3O2/c1-9(2)5-10(8-17)6-14(20)19-11-3-4-13(16)12(7-11)15(18)21/h3-4,7,9-10H,5-6,8,17H2,1-2H3,(H2,18,21)(H,19,20). The van der Waals surface area contributed by atoms with Crippen molar-refractivity contribution < 1.29 is 14.0 Å². The van der Waals surface area contributed by atoms with Gasteiger partial charge in [0.2, 0.25) is 5.91 Å². The lowest BCUT2D eigenvalue weighted by Gasteiger charge is -2.16. The summed E-state index contributed by atoms with van der Waals surface area (Å²) in [6.45, 7) is 4.57. The number of primary amides is 1. The molecule has 5 N–H and O–H groups in total. The van der Waals surface area contributed by atoms with Crippen molar-refractivity contribution in [3.63, 3.8) is 0 Å². The number of halogens is 1. The van der Waals surface area contributed by atoms with E-state index in [2.05, 4.69) is 19.2 Å². The number of hydrogen-bond donors (Lipinski definition) is 3. The molecule has 0 fully saturated rings. The largest absolute Gasteiger partial charge is 0.366 e. The Bertz CT molecular complexity index is 518. The Morgan fingerprint density at radius 3 is 2.52 bits per heavy atom. The van der Waals surface area contributed by atoms with Gasteiger partial charge in [0.25, 0.3) is 5.91 Å². The zero-order valence-corrected chi connectivity index (χ0v) is 12.4. The lowest BCUT2D eigenvalue weighted by atomic mass is 9.94. The fourth-order valence-electron chi connectivity index (χ4n) is 2.20. The van der Waals surface area contributed by atoms with E-state index in [1.165, 1.54) is 12.1 Å². The molecule has 5 nitrogen and oxygen atoms in total. The fraction of sp³-hybridized carbons (Fsp3) is 0.467. The van der Waals surface area contributed by atoms with E-state index in [9.17, 15) is 14.0 Å². The molecule has 0 bridgehead atoms. The van der Waals surface area contributed by atoms with Crippen LogP contribution >= 0.6 is 0 Å². The number of benzene rings is 1. The molecule has 0 spiro atoms. The maximum absolute atomic E-state index is 13.3. The summed E-state index contributed by atoms with van der Waals surface area (Å²) >= 11 is 0. The highest BCUT2D eigenvalue weighted by Gasteiger charge is 2.15. The molecule has 1 aromatic rings. The van der Waals surface area contributed by atoms with Crippen molar-refractivity contribution in [1.82, 2.24) is 0 Å². The van der Waals surface area contributed by atoms with Crippen molar-refractivity contribution in [2.75, 3.05) is 11.9 Å². The summed E-state index contributed by atoms with van der Waals surface area (Å²) in [5.41, 5.74) is 10.8. The minimum absolute atomic E-state index is 0.0982. The van der Waals surface area contributed by atoms with Crippen molar-refractivity contribution in [1.29, 1.82) is 0 Å². The molecule has 0 aliphatic rings. The van der Waals surface area contributed by atoms with Gasteiger partial charge in [0.1, 0.15) is 5.82 Å². The Balaban J connectivity index is 2.70. The Morgan fingerprint density at radius 1 is 1.33 bits per heavy atom. The predicted octanol–water partition coefficient (Wildman–Crippen LogP) is 1.87. The molecule has 21 heavy (non-hydrogen) atoms. The van der Waals surface area contributed by atoms with Crippen LogP contribution in [0.2, 0.25) is 0 Å². The van der Waals surface area contributed by atoms with Crippen molar-refractivity contribution >= 4 is 17.5 Å². The third-order valence-corrected chi connectivity index (χ3v) is 3.13. The van der Waals surface area contributed by atoms with Gasteiger partial charge in [-0.1, -0.05) is 13.8 Å².